The second-order valence-corrected chi connectivity index (χ2v) is 9.17. The minimum absolute atomic E-state index is 0.255. The van der Waals surface area contributed by atoms with Crippen LogP contribution >= 0.6 is 0 Å². The van der Waals surface area contributed by atoms with Gasteiger partial charge in [-0.05, 0) is 63.1 Å². The van der Waals surface area contributed by atoms with Gasteiger partial charge >= 0.3 is 0 Å². The normalized spacial score (nSPS) is 13.6. The Hall–Kier alpha value is -4.05. The van der Waals surface area contributed by atoms with Crippen LogP contribution < -0.4 is 5.32 Å². The SMILES string of the molecule is CC(C)(C#N)CNC(=O)c1cccc(-c2cnc3[nH]c(-c4ccnc(C5CC5)c4)cc3c2)n1. The van der Waals surface area contributed by atoms with Gasteiger partial charge in [0, 0.05) is 52.8 Å². The molecular weight excluding hydrogens is 412 g/mol. The molecule has 4 heterocycles. The van der Waals surface area contributed by atoms with Crippen molar-refractivity contribution in [2.24, 2.45) is 5.41 Å². The van der Waals surface area contributed by atoms with Crippen molar-refractivity contribution in [2.75, 3.05) is 6.54 Å². The van der Waals surface area contributed by atoms with Crippen LogP contribution in [0.5, 0.6) is 0 Å². The molecule has 2 N–H and O–H groups in total. The van der Waals surface area contributed by atoms with Crippen LogP contribution in [0, 0.1) is 16.7 Å². The molecule has 0 unspecified atom stereocenters. The summed E-state index contributed by atoms with van der Waals surface area (Å²) in [5.74, 6) is 0.294. The highest BCUT2D eigenvalue weighted by atomic mass is 16.1. The maximum atomic E-state index is 12.5. The predicted molar refractivity (Wildman–Crippen MR) is 126 cm³/mol. The van der Waals surface area contributed by atoms with Gasteiger partial charge < -0.3 is 10.3 Å². The Morgan fingerprint density at radius 3 is 2.82 bits per heavy atom. The monoisotopic (exact) mass is 436 g/mol. The first-order chi connectivity index (χ1) is 15.9. The molecule has 1 aliphatic rings. The zero-order valence-electron chi connectivity index (χ0n) is 18.6. The van der Waals surface area contributed by atoms with Crippen LogP contribution in [0.25, 0.3) is 33.5 Å². The first-order valence-electron chi connectivity index (χ1n) is 11.0. The van der Waals surface area contributed by atoms with E-state index in [0.717, 1.165) is 33.5 Å². The third kappa shape index (κ3) is 4.46. The number of nitrogens with zero attached hydrogens (tertiary/aromatic N) is 4. The van der Waals surface area contributed by atoms with Gasteiger partial charge in [-0.3, -0.25) is 9.78 Å². The van der Waals surface area contributed by atoms with E-state index in [2.05, 4.69) is 43.5 Å². The number of nitriles is 1. The third-order valence-electron chi connectivity index (χ3n) is 5.83. The van der Waals surface area contributed by atoms with Gasteiger partial charge in [0.25, 0.3) is 5.91 Å². The van der Waals surface area contributed by atoms with Crippen molar-refractivity contribution < 1.29 is 4.79 Å². The summed E-state index contributed by atoms with van der Waals surface area (Å²) in [7, 11) is 0. The quantitative estimate of drug-likeness (QED) is 0.449. The van der Waals surface area contributed by atoms with Crippen molar-refractivity contribution in [1.29, 1.82) is 5.26 Å². The number of aromatic amines is 1. The van der Waals surface area contributed by atoms with Crippen molar-refractivity contribution in [1.82, 2.24) is 25.3 Å². The molecule has 0 aromatic carbocycles. The zero-order chi connectivity index (χ0) is 23.0. The van der Waals surface area contributed by atoms with Gasteiger partial charge in [0.2, 0.25) is 0 Å². The highest BCUT2D eigenvalue weighted by Gasteiger charge is 2.25. The smallest absolute Gasteiger partial charge is 0.269 e. The lowest BCUT2D eigenvalue weighted by Crippen LogP contribution is -2.33. The van der Waals surface area contributed by atoms with Gasteiger partial charge in [-0.15, -0.1) is 0 Å². The fourth-order valence-corrected chi connectivity index (χ4v) is 3.68. The Morgan fingerprint density at radius 1 is 1.18 bits per heavy atom. The lowest BCUT2D eigenvalue weighted by molar-refractivity contribution is 0.0939. The highest BCUT2D eigenvalue weighted by Crippen LogP contribution is 2.40. The number of carbonyl (C=O) groups is 1. The van der Waals surface area contributed by atoms with Gasteiger partial charge in [-0.25, -0.2) is 9.97 Å². The second-order valence-electron chi connectivity index (χ2n) is 9.17. The van der Waals surface area contributed by atoms with Crippen LogP contribution in [0.15, 0.2) is 54.9 Å². The fourth-order valence-electron chi connectivity index (χ4n) is 3.68. The molecule has 5 rings (SSSR count). The number of carbonyl (C=O) groups excluding carboxylic acids is 1. The Bertz CT molecular complexity index is 1390. The predicted octanol–water partition coefficient (Wildman–Crippen LogP) is 4.84. The van der Waals surface area contributed by atoms with Gasteiger partial charge in [0.15, 0.2) is 0 Å². The number of hydrogen-bond donors (Lipinski definition) is 2. The van der Waals surface area contributed by atoms with E-state index in [4.69, 9.17) is 5.26 Å². The van der Waals surface area contributed by atoms with E-state index in [0.29, 0.717) is 17.3 Å². The Kier molecular flexibility index (Phi) is 5.14. The lowest BCUT2D eigenvalue weighted by Gasteiger charge is -2.15. The molecule has 164 valence electrons. The maximum absolute atomic E-state index is 12.5. The van der Waals surface area contributed by atoms with Crippen molar-refractivity contribution >= 4 is 16.9 Å². The number of aromatic nitrogens is 4. The Morgan fingerprint density at radius 2 is 2.03 bits per heavy atom. The molecular formula is C26H24N6O. The maximum Gasteiger partial charge on any atom is 0.269 e. The van der Waals surface area contributed by atoms with E-state index in [1.165, 1.54) is 12.8 Å². The van der Waals surface area contributed by atoms with Gasteiger partial charge in [-0.2, -0.15) is 5.26 Å². The van der Waals surface area contributed by atoms with E-state index in [1.807, 2.05) is 24.4 Å². The summed E-state index contributed by atoms with van der Waals surface area (Å²) in [6, 6.07) is 15.8. The summed E-state index contributed by atoms with van der Waals surface area (Å²) in [4.78, 5) is 29.5. The number of pyridine rings is 3. The highest BCUT2D eigenvalue weighted by molar-refractivity contribution is 5.93. The molecule has 4 aromatic rings. The van der Waals surface area contributed by atoms with Crippen LogP contribution in [0.3, 0.4) is 0 Å². The van der Waals surface area contributed by atoms with Crippen LogP contribution in [-0.2, 0) is 0 Å². The van der Waals surface area contributed by atoms with Gasteiger partial charge in [0.05, 0.1) is 17.2 Å². The summed E-state index contributed by atoms with van der Waals surface area (Å²) in [5.41, 5.74) is 5.21. The van der Waals surface area contributed by atoms with Crippen LogP contribution in [0.2, 0.25) is 0 Å². The molecule has 1 amide bonds. The molecule has 0 saturated heterocycles. The minimum atomic E-state index is -0.636. The number of fused-ring (bicyclic) bond motifs is 1. The standard InChI is InChI=1S/C26H24N6O/c1-26(2,14-27)15-30-25(33)21-5-3-4-20(31-21)19-10-18-12-23(32-24(18)29-13-19)17-8-9-28-22(11-17)16-6-7-16/h3-5,8-13,16H,6-7,15H2,1-2H3,(H,29,32)(H,30,33). The van der Waals surface area contributed by atoms with Crippen molar-refractivity contribution in [2.45, 2.75) is 32.6 Å². The minimum Gasteiger partial charge on any atom is -0.349 e. The fraction of sp³-hybridized carbons (Fsp3) is 0.269. The van der Waals surface area contributed by atoms with Crippen molar-refractivity contribution in [3.8, 4) is 28.6 Å². The Balaban J connectivity index is 1.40. The van der Waals surface area contributed by atoms with Crippen molar-refractivity contribution in [3.05, 3.63) is 66.2 Å². The first kappa shape index (κ1) is 20.8. The van der Waals surface area contributed by atoms with E-state index < -0.39 is 5.41 Å². The second kappa shape index (κ2) is 8.14. The number of amides is 1. The topological polar surface area (TPSA) is 107 Å². The molecule has 33 heavy (non-hydrogen) atoms. The van der Waals surface area contributed by atoms with Crippen LogP contribution in [-0.4, -0.2) is 32.4 Å². The van der Waals surface area contributed by atoms with E-state index in [-0.39, 0.29) is 12.5 Å². The molecule has 7 nitrogen and oxygen atoms in total. The molecule has 1 saturated carbocycles. The summed E-state index contributed by atoms with van der Waals surface area (Å²) in [6.07, 6.45) is 6.06. The van der Waals surface area contributed by atoms with E-state index in [1.54, 1.807) is 32.2 Å². The van der Waals surface area contributed by atoms with Gasteiger partial charge in [-0.1, -0.05) is 6.07 Å². The molecule has 1 aliphatic carbocycles. The third-order valence-corrected chi connectivity index (χ3v) is 5.83. The van der Waals surface area contributed by atoms with Crippen LogP contribution in [0.1, 0.15) is 48.8 Å². The van der Waals surface area contributed by atoms with Gasteiger partial charge in [0.1, 0.15) is 11.3 Å². The molecule has 0 spiro atoms. The molecule has 0 aliphatic heterocycles. The summed E-state index contributed by atoms with van der Waals surface area (Å²) < 4.78 is 0. The molecule has 7 heteroatoms. The summed E-state index contributed by atoms with van der Waals surface area (Å²) in [5, 5.41) is 12.9. The summed E-state index contributed by atoms with van der Waals surface area (Å²) in [6.45, 7) is 3.81. The van der Waals surface area contributed by atoms with E-state index in [9.17, 15) is 4.79 Å². The average molecular weight is 437 g/mol. The summed E-state index contributed by atoms with van der Waals surface area (Å²) >= 11 is 0. The lowest BCUT2D eigenvalue weighted by atomic mass is 9.96. The van der Waals surface area contributed by atoms with Crippen molar-refractivity contribution in [3.63, 3.8) is 0 Å². The molecule has 0 bridgehead atoms. The zero-order valence-corrected chi connectivity index (χ0v) is 18.6. The van der Waals surface area contributed by atoms with Crippen LogP contribution in [0.4, 0.5) is 0 Å². The number of nitrogens with one attached hydrogen (secondary N) is 2. The largest absolute Gasteiger partial charge is 0.349 e. The molecule has 0 atom stereocenters. The van der Waals surface area contributed by atoms with E-state index >= 15 is 0 Å². The Labute approximate surface area is 191 Å². The number of H-pyrrole nitrogens is 1. The number of rotatable bonds is 6. The first-order valence-corrected chi connectivity index (χ1v) is 11.0. The average Bonchev–Trinajstić information content (AvgIpc) is 3.61. The molecule has 1 fully saturated rings. The number of hydrogen-bond acceptors (Lipinski definition) is 5. The molecule has 4 aromatic heterocycles. The molecule has 0 radical (unpaired) electrons.